The first-order chi connectivity index (χ1) is 9.55. The Labute approximate surface area is 121 Å². The van der Waals surface area contributed by atoms with Gasteiger partial charge in [-0.15, -0.1) is 11.3 Å². The second kappa shape index (κ2) is 5.96. The van der Waals surface area contributed by atoms with Gasteiger partial charge in [-0.2, -0.15) is 0 Å². The lowest BCUT2D eigenvalue weighted by molar-refractivity contribution is 0.0600. The van der Waals surface area contributed by atoms with Crippen molar-refractivity contribution in [2.75, 3.05) is 14.2 Å². The Kier molecular flexibility index (Phi) is 4.29. The number of ether oxygens (including phenoxy) is 3. The molecule has 0 aliphatic heterocycles. The summed E-state index contributed by atoms with van der Waals surface area (Å²) in [6, 6.07) is 7.03. The number of methoxy groups -OCH3 is 2. The zero-order chi connectivity index (χ0) is 14.7. The summed E-state index contributed by atoms with van der Waals surface area (Å²) >= 11 is 1.57. The molecule has 0 aliphatic carbocycles. The summed E-state index contributed by atoms with van der Waals surface area (Å²) in [4.78, 5) is 12.7. The summed E-state index contributed by atoms with van der Waals surface area (Å²) < 4.78 is 15.8. The van der Waals surface area contributed by atoms with Crippen LogP contribution in [0, 0.1) is 13.8 Å². The maximum Gasteiger partial charge on any atom is 0.337 e. The monoisotopic (exact) mass is 292 g/mol. The largest absolute Gasteiger partial charge is 0.493 e. The molecule has 106 valence electrons. The molecule has 2 rings (SSSR count). The molecule has 0 fully saturated rings. The predicted molar refractivity (Wildman–Crippen MR) is 78.2 cm³/mol. The van der Waals surface area contributed by atoms with E-state index in [1.807, 2.05) is 13.8 Å². The average Bonchev–Trinajstić information content (AvgIpc) is 2.76. The summed E-state index contributed by atoms with van der Waals surface area (Å²) in [6.07, 6.45) is 0. The smallest absolute Gasteiger partial charge is 0.337 e. The van der Waals surface area contributed by atoms with Crippen molar-refractivity contribution in [3.05, 3.63) is 40.3 Å². The van der Waals surface area contributed by atoms with E-state index in [1.54, 1.807) is 29.5 Å². The molecule has 0 atom stereocenters. The fourth-order valence-electron chi connectivity index (χ4n) is 1.82. The van der Waals surface area contributed by atoms with Crippen molar-refractivity contribution in [2.45, 2.75) is 13.8 Å². The predicted octanol–water partition coefficient (Wildman–Crippen LogP) is 3.95. The van der Waals surface area contributed by atoms with Gasteiger partial charge in [-0.25, -0.2) is 4.79 Å². The number of aryl methyl sites for hydroxylation is 2. The minimum Gasteiger partial charge on any atom is -0.493 e. The van der Waals surface area contributed by atoms with Gasteiger partial charge in [0.2, 0.25) is 0 Å². The van der Waals surface area contributed by atoms with Crippen LogP contribution in [-0.4, -0.2) is 20.2 Å². The van der Waals surface area contributed by atoms with Crippen molar-refractivity contribution >= 4 is 17.3 Å². The second-order valence-corrected chi connectivity index (χ2v) is 5.51. The lowest BCUT2D eigenvalue weighted by Crippen LogP contribution is -2.02. The molecule has 0 aliphatic rings. The molecule has 2 aromatic rings. The minimum atomic E-state index is -0.405. The molecule has 1 heterocycles. The van der Waals surface area contributed by atoms with E-state index in [-0.39, 0.29) is 0 Å². The van der Waals surface area contributed by atoms with Gasteiger partial charge in [0.1, 0.15) is 0 Å². The zero-order valence-corrected chi connectivity index (χ0v) is 12.7. The number of esters is 1. The minimum absolute atomic E-state index is 0.405. The molecule has 5 heteroatoms. The number of rotatable bonds is 4. The van der Waals surface area contributed by atoms with Gasteiger partial charge in [0.15, 0.2) is 16.6 Å². The molecule has 1 aromatic heterocycles. The third-order valence-corrected chi connectivity index (χ3v) is 3.81. The van der Waals surface area contributed by atoms with E-state index in [9.17, 15) is 4.79 Å². The number of hydrogen-bond donors (Lipinski definition) is 0. The fourth-order valence-corrected chi connectivity index (χ4v) is 2.70. The van der Waals surface area contributed by atoms with Crippen LogP contribution in [0.1, 0.15) is 20.8 Å². The van der Waals surface area contributed by atoms with Gasteiger partial charge in [-0.05, 0) is 38.1 Å². The van der Waals surface area contributed by atoms with Crippen molar-refractivity contribution in [3.8, 4) is 16.6 Å². The Morgan fingerprint density at radius 1 is 1.10 bits per heavy atom. The first-order valence-corrected chi connectivity index (χ1v) is 6.88. The van der Waals surface area contributed by atoms with Gasteiger partial charge in [-0.1, -0.05) is 0 Å². The molecular weight excluding hydrogens is 276 g/mol. The van der Waals surface area contributed by atoms with Crippen molar-refractivity contribution in [1.29, 1.82) is 0 Å². The first kappa shape index (κ1) is 14.4. The standard InChI is InChI=1S/C15H16O4S/c1-9-7-10(2)20-15(9)19-12-6-5-11(14(16)18-4)8-13(12)17-3/h5-8H,1-4H3. The molecule has 20 heavy (non-hydrogen) atoms. The molecule has 0 amide bonds. The normalized spacial score (nSPS) is 10.2. The summed E-state index contributed by atoms with van der Waals surface area (Å²) in [5, 5.41) is 0.826. The van der Waals surface area contributed by atoms with Gasteiger partial charge >= 0.3 is 5.97 Å². The van der Waals surface area contributed by atoms with Crippen LogP contribution in [0.3, 0.4) is 0 Å². The van der Waals surface area contributed by atoms with Crippen LogP contribution in [-0.2, 0) is 4.74 Å². The number of thiophene rings is 1. The fraction of sp³-hybridized carbons (Fsp3) is 0.267. The second-order valence-electron chi connectivity index (χ2n) is 4.29. The van der Waals surface area contributed by atoms with Crippen LogP contribution in [0.2, 0.25) is 0 Å². The van der Waals surface area contributed by atoms with Crippen LogP contribution in [0.5, 0.6) is 16.6 Å². The first-order valence-electron chi connectivity index (χ1n) is 6.06. The van der Waals surface area contributed by atoms with Crippen molar-refractivity contribution in [2.24, 2.45) is 0 Å². The Morgan fingerprint density at radius 3 is 2.40 bits per heavy atom. The highest BCUT2D eigenvalue weighted by Crippen LogP contribution is 2.38. The number of hydrogen-bond acceptors (Lipinski definition) is 5. The quantitative estimate of drug-likeness (QED) is 0.800. The average molecular weight is 292 g/mol. The molecule has 0 saturated heterocycles. The molecule has 0 N–H and O–H groups in total. The number of benzene rings is 1. The maximum absolute atomic E-state index is 11.5. The van der Waals surface area contributed by atoms with E-state index in [0.29, 0.717) is 17.1 Å². The number of carbonyl (C=O) groups excluding carboxylic acids is 1. The van der Waals surface area contributed by atoms with Gasteiger partial charge in [0, 0.05) is 10.4 Å². The third-order valence-electron chi connectivity index (χ3n) is 2.78. The Hall–Kier alpha value is -2.01. The van der Waals surface area contributed by atoms with Crippen LogP contribution >= 0.6 is 11.3 Å². The van der Waals surface area contributed by atoms with Crippen molar-refractivity contribution in [1.82, 2.24) is 0 Å². The SMILES string of the molecule is COC(=O)c1ccc(Oc2sc(C)cc2C)c(OC)c1. The van der Waals surface area contributed by atoms with E-state index < -0.39 is 5.97 Å². The lowest BCUT2D eigenvalue weighted by atomic mass is 10.2. The molecule has 0 spiro atoms. The van der Waals surface area contributed by atoms with E-state index in [2.05, 4.69) is 10.8 Å². The van der Waals surface area contributed by atoms with E-state index in [1.165, 1.54) is 19.1 Å². The Balaban J connectivity index is 2.32. The van der Waals surface area contributed by atoms with Crippen LogP contribution in [0.15, 0.2) is 24.3 Å². The van der Waals surface area contributed by atoms with Gasteiger partial charge in [-0.3, -0.25) is 0 Å². The Bertz CT molecular complexity index is 631. The van der Waals surface area contributed by atoms with E-state index in [4.69, 9.17) is 9.47 Å². The molecule has 0 saturated carbocycles. The lowest BCUT2D eigenvalue weighted by Gasteiger charge is -2.10. The third kappa shape index (κ3) is 2.93. The highest BCUT2D eigenvalue weighted by atomic mass is 32.1. The highest BCUT2D eigenvalue weighted by Gasteiger charge is 2.13. The molecule has 1 aromatic carbocycles. The maximum atomic E-state index is 11.5. The molecular formula is C15H16O4S. The summed E-state index contributed by atoms with van der Waals surface area (Å²) in [5.74, 6) is 0.668. The van der Waals surface area contributed by atoms with Crippen molar-refractivity contribution in [3.63, 3.8) is 0 Å². The molecule has 0 bridgehead atoms. The topological polar surface area (TPSA) is 44.8 Å². The van der Waals surface area contributed by atoms with Crippen molar-refractivity contribution < 1.29 is 19.0 Å². The van der Waals surface area contributed by atoms with E-state index in [0.717, 1.165) is 10.6 Å². The Morgan fingerprint density at radius 2 is 1.85 bits per heavy atom. The number of carbonyl (C=O) groups is 1. The molecule has 0 unspecified atom stereocenters. The van der Waals surface area contributed by atoms with Crippen LogP contribution in [0.4, 0.5) is 0 Å². The van der Waals surface area contributed by atoms with Crippen LogP contribution < -0.4 is 9.47 Å². The van der Waals surface area contributed by atoms with Gasteiger partial charge < -0.3 is 14.2 Å². The molecule has 4 nitrogen and oxygen atoms in total. The van der Waals surface area contributed by atoms with Gasteiger partial charge in [0.05, 0.1) is 19.8 Å². The summed E-state index contributed by atoms with van der Waals surface area (Å²) in [6.45, 7) is 4.02. The van der Waals surface area contributed by atoms with Crippen LogP contribution in [0.25, 0.3) is 0 Å². The van der Waals surface area contributed by atoms with E-state index >= 15 is 0 Å². The zero-order valence-electron chi connectivity index (χ0n) is 11.9. The summed E-state index contributed by atoms with van der Waals surface area (Å²) in [7, 11) is 2.88. The highest BCUT2D eigenvalue weighted by molar-refractivity contribution is 7.14. The van der Waals surface area contributed by atoms with Gasteiger partial charge in [0.25, 0.3) is 0 Å². The molecule has 0 radical (unpaired) electrons. The summed E-state index contributed by atoms with van der Waals surface area (Å²) in [5.41, 5.74) is 1.50.